The van der Waals surface area contributed by atoms with E-state index in [9.17, 15) is 4.79 Å². The van der Waals surface area contributed by atoms with Crippen molar-refractivity contribution in [2.24, 2.45) is 5.41 Å². The lowest BCUT2D eigenvalue weighted by molar-refractivity contribution is -0.123. The highest BCUT2D eigenvalue weighted by molar-refractivity contribution is 5.82. The topological polar surface area (TPSA) is 53.2 Å². The molecule has 4 nitrogen and oxygen atoms in total. The van der Waals surface area contributed by atoms with Crippen molar-refractivity contribution >= 4 is 5.91 Å². The summed E-state index contributed by atoms with van der Waals surface area (Å²) in [5, 5.41) is 9.61. The highest BCUT2D eigenvalue weighted by Gasteiger charge is 2.28. The molecule has 1 aliphatic heterocycles. The fraction of sp³-hybridized carbons (Fsp3) is 0.923. The van der Waals surface area contributed by atoms with E-state index >= 15 is 0 Å². The monoisotopic (exact) mass is 239 g/mol. The lowest BCUT2D eigenvalue weighted by atomic mass is 9.76. The smallest absolute Gasteiger partial charge is 0.238 e. The molecule has 1 unspecified atom stereocenters. The number of rotatable bonds is 3. The molecule has 1 amide bonds. The molecule has 1 aliphatic carbocycles. The van der Waals surface area contributed by atoms with Gasteiger partial charge in [0.2, 0.25) is 5.91 Å². The van der Waals surface area contributed by atoms with E-state index in [2.05, 4.69) is 22.9 Å². The van der Waals surface area contributed by atoms with Crippen molar-refractivity contribution in [3.8, 4) is 0 Å². The maximum atomic E-state index is 12.0. The second kappa shape index (κ2) is 5.83. The van der Waals surface area contributed by atoms with Gasteiger partial charge in [0.25, 0.3) is 0 Å². The van der Waals surface area contributed by atoms with Crippen molar-refractivity contribution < 1.29 is 4.79 Å². The number of carbonyl (C=O) groups excluding carboxylic acids is 1. The molecule has 1 saturated heterocycles. The van der Waals surface area contributed by atoms with Gasteiger partial charge in [-0.1, -0.05) is 26.2 Å². The van der Waals surface area contributed by atoms with Gasteiger partial charge in [0.1, 0.15) is 0 Å². The van der Waals surface area contributed by atoms with E-state index in [-0.39, 0.29) is 11.9 Å². The van der Waals surface area contributed by atoms with Gasteiger partial charge in [-0.3, -0.25) is 4.79 Å². The summed E-state index contributed by atoms with van der Waals surface area (Å²) in [4.78, 5) is 12.0. The predicted octanol–water partition coefficient (Wildman–Crippen LogP) is 0.634. The minimum atomic E-state index is -0.0454. The summed E-state index contributed by atoms with van der Waals surface area (Å²) in [5.74, 6) is 0.156. The molecular weight excluding hydrogens is 214 g/mol. The summed E-state index contributed by atoms with van der Waals surface area (Å²) in [5.41, 5.74) is 0.329. The fourth-order valence-corrected chi connectivity index (χ4v) is 2.84. The first-order chi connectivity index (χ1) is 8.20. The first-order valence-electron chi connectivity index (χ1n) is 6.91. The van der Waals surface area contributed by atoms with Gasteiger partial charge in [-0.2, -0.15) is 0 Å². The average molecular weight is 239 g/mol. The highest BCUT2D eigenvalue weighted by Crippen LogP contribution is 2.34. The lowest BCUT2D eigenvalue weighted by Crippen LogP contribution is -2.56. The number of hydrogen-bond donors (Lipinski definition) is 3. The zero-order valence-electron chi connectivity index (χ0n) is 10.8. The van der Waals surface area contributed by atoms with Crippen molar-refractivity contribution in [1.82, 2.24) is 16.0 Å². The van der Waals surface area contributed by atoms with Crippen molar-refractivity contribution in [3.05, 3.63) is 0 Å². The molecule has 98 valence electrons. The molecule has 0 radical (unpaired) electrons. The molecule has 2 rings (SSSR count). The predicted molar refractivity (Wildman–Crippen MR) is 68.9 cm³/mol. The third-order valence-corrected chi connectivity index (χ3v) is 4.11. The van der Waals surface area contributed by atoms with Gasteiger partial charge in [-0.15, -0.1) is 0 Å². The molecule has 1 saturated carbocycles. The zero-order chi connectivity index (χ0) is 12.1. The molecule has 2 aliphatic rings. The Kier molecular flexibility index (Phi) is 4.40. The molecule has 4 heteroatoms. The van der Waals surface area contributed by atoms with Crippen LogP contribution in [0, 0.1) is 5.41 Å². The minimum Gasteiger partial charge on any atom is -0.354 e. The van der Waals surface area contributed by atoms with E-state index in [1.165, 1.54) is 32.1 Å². The zero-order valence-corrected chi connectivity index (χ0v) is 10.8. The summed E-state index contributed by atoms with van der Waals surface area (Å²) in [6.45, 7) is 5.74. The van der Waals surface area contributed by atoms with Crippen molar-refractivity contribution in [2.45, 2.75) is 45.1 Å². The van der Waals surface area contributed by atoms with Crippen LogP contribution in [-0.2, 0) is 4.79 Å². The second-order valence-corrected chi connectivity index (χ2v) is 5.80. The number of carbonyl (C=O) groups is 1. The quantitative estimate of drug-likeness (QED) is 0.677. The second-order valence-electron chi connectivity index (χ2n) is 5.80. The summed E-state index contributed by atoms with van der Waals surface area (Å²) in [7, 11) is 0. The van der Waals surface area contributed by atoms with E-state index in [4.69, 9.17) is 0 Å². The van der Waals surface area contributed by atoms with Crippen molar-refractivity contribution in [2.75, 3.05) is 26.2 Å². The highest BCUT2D eigenvalue weighted by atomic mass is 16.2. The van der Waals surface area contributed by atoms with Crippen molar-refractivity contribution in [1.29, 1.82) is 0 Å². The Morgan fingerprint density at radius 3 is 2.71 bits per heavy atom. The van der Waals surface area contributed by atoms with Crippen LogP contribution in [0.4, 0.5) is 0 Å². The normalized spacial score (nSPS) is 28.6. The number of nitrogens with one attached hydrogen (secondary N) is 3. The maximum absolute atomic E-state index is 12.0. The molecule has 0 spiro atoms. The third-order valence-electron chi connectivity index (χ3n) is 4.11. The van der Waals surface area contributed by atoms with Crippen LogP contribution in [0.25, 0.3) is 0 Å². The van der Waals surface area contributed by atoms with Crippen LogP contribution < -0.4 is 16.0 Å². The van der Waals surface area contributed by atoms with Crippen LogP contribution in [0.15, 0.2) is 0 Å². The Balaban J connectivity index is 1.74. The first kappa shape index (κ1) is 12.8. The molecule has 0 aromatic rings. The number of hydrogen-bond acceptors (Lipinski definition) is 3. The van der Waals surface area contributed by atoms with Crippen molar-refractivity contribution in [3.63, 3.8) is 0 Å². The SMILES string of the molecule is CC1(CNC(=O)C2CNCCN2)CCCCC1. The average Bonchev–Trinajstić information content (AvgIpc) is 2.38. The number of amides is 1. The fourth-order valence-electron chi connectivity index (χ4n) is 2.84. The molecule has 1 heterocycles. The molecule has 0 bridgehead atoms. The molecule has 3 N–H and O–H groups in total. The van der Waals surface area contributed by atoms with Crippen LogP contribution in [0.2, 0.25) is 0 Å². The van der Waals surface area contributed by atoms with E-state index in [1.807, 2.05) is 0 Å². The standard InChI is InChI=1S/C13H25N3O/c1-13(5-3-2-4-6-13)10-16-12(17)11-9-14-7-8-15-11/h11,14-15H,2-10H2,1H3,(H,16,17). The third kappa shape index (κ3) is 3.68. The Labute approximate surface area is 104 Å². The Hall–Kier alpha value is -0.610. The van der Waals surface area contributed by atoms with Crippen LogP contribution in [0.1, 0.15) is 39.0 Å². The van der Waals surface area contributed by atoms with Gasteiger partial charge < -0.3 is 16.0 Å². The van der Waals surface area contributed by atoms with Gasteiger partial charge >= 0.3 is 0 Å². The molecule has 0 aromatic carbocycles. The molecule has 17 heavy (non-hydrogen) atoms. The molecular formula is C13H25N3O. The number of piperazine rings is 1. The van der Waals surface area contributed by atoms with Crippen LogP contribution in [0.3, 0.4) is 0 Å². The summed E-state index contributed by atoms with van der Waals surface area (Å²) in [6.07, 6.45) is 6.50. The van der Waals surface area contributed by atoms with E-state index < -0.39 is 0 Å². The summed E-state index contributed by atoms with van der Waals surface area (Å²) < 4.78 is 0. The summed E-state index contributed by atoms with van der Waals surface area (Å²) in [6, 6.07) is -0.0454. The molecule has 0 aromatic heterocycles. The Morgan fingerprint density at radius 2 is 2.06 bits per heavy atom. The lowest BCUT2D eigenvalue weighted by Gasteiger charge is -2.34. The summed E-state index contributed by atoms with van der Waals surface area (Å²) >= 11 is 0. The first-order valence-corrected chi connectivity index (χ1v) is 6.91. The van der Waals surface area contributed by atoms with Gasteiger partial charge in [-0.25, -0.2) is 0 Å². The van der Waals surface area contributed by atoms with E-state index in [0.717, 1.165) is 26.2 Å². The van der Waals surface area contributed by atoms with Crippen LogP contribution in [-0.4, -0.2) is 38.1 Å². The Bertz CT molecular complexity index is 255. The molecule has 2 fully saturated rings. The minimum absolute atomic E-state index is 0.0454. The van der Waals surface area contributed by atoms with Crippen LogP contribution >= 0.6 is 0 Å². The van der Waals surface area contributed by atoms with Gasteiger partial charge in [0, 0.05) is 26.2 Å². The van der Waals surface area contributed by atoms with Gasteiger partial charge in [0.15, 0.2) is 0 Å². The van der Waals surface area contributed by atoms with Gasteiger partial charge in [0.05, 0.1) is 6.04 Å². The molecule has 1 atom stereocenters. The Morgan fingerprint density at radius 1 is 1.29 bits per heavy atom. The van der Waals surface area contributed by atoms with E-state index in [1.54, 1.807) is 0 Å². The maximum Gasteiger partial charge on any atom is 0.238 e. The van der Waals surface area contributed by atoms with Gasteiger partial charge in [-0.05, 0) is 18.3 Å². The van der Waals surface area contributed by atoms with Crippen LogP contribution in [0.5, 0.6) is 0 Å². The van der Waals surface area contributed by atoms with E-state index in [0.29, 0.717) is 5.41 Å². The largest absolute Gasteiger partial charge is 0.354 e.